The van der Waals surface area contributed by atoms with Gasteiger partial charge in [0.2, 0.25) is 0 Å². The number of nitrogens with one attached hydrogen (secondary N) is 2. The van der Waals surface area contributed by atoms with E-state index in [1.54, 1.807) is 0 Å². The molecule has 0 amide bonds. The Morgan fingerprint density at radius 1 is 1.19 bits per heavy atom. The van der Waals surface area contributed by atoms with Crippen molar-refractivity contribution in [2.45, 2.75) is 59.3 Å². The predicted molar refractivity (Wildman–Crippen MR) is 102 cm³/mol. The summed E-state index contributed by atoms with van der Waals surface area (Å²) in [7, 11) is 0. The lowest BCUT2D eigenvalue weighted by atomic mass is 9.97. The molecule has 0 aliphatic carbocycles. The van der Waals surface area contributed by atoms with Gasteiger partial charge in [-0.3, -0.25) is 5.10 Å². The Kier molecular flexibility index (Phi) is 6.26. The minimum atomic E-state index is 0.596. The molecule has 0 saturated carbocycles. The first-order chi connectivity index (χ1) is 12.6. The minimum Gasteiger partial charge on any atom is -0.285 e. The number of nitrogens with zero attached hydrogens (tertiary/aromatic N) is 4. The number of aromatic amines is 2. The van der Waals surface area contributed by atoms with Crippen molar-refractivity contribution in [2.75, 3.05) is 0 Å². The maximum absolute atomic E-state index is 4.49. The molecule has 1 atom stereocenters. The average Bonchev–Trinajstić information content (AvgIpc) is 3.32. The van der Waals surface area contributed by atoms with Gasteiger partial charge in [0, 0.05) is 25.2 Å². The van der Waals surface area contributed by atoms with Gasteiger partial charge in [-0.15, -0.1) is 4.68 Å². The summed E-state index contributed by atoms with van der Waals surface area (Å²) in [5, 5.41) is 6.91. The van der Waals surface area contributed by atoms with Gasteiger partial charge in [-0.1, -0.05) is 33.6 Å². The normalized spacial score (nSPS) is 12.8. The summed E-state index contributed by atoms with van der Waals surface area (Å²) in [5.41, 5.74) is 2.58. The second kappa shape index (κ2) is 8.83. The van der Waals surface area contributed by atoms with Crippen molar-refractivity contribution in [1.29, 1.82) is 0 Å². The maximum Gasteiger partial charge on any atom is 0.266 e. The SMILES string of the molecule is CC(C)Cc1nccn1-[n+]1c[nH]c(CCCCC(C)Cc2cn[nH]c2)c1. The van der Waals surface area contributed by atoms with Gasteiger partial charge in [-0.25, -0.2) is 9.97 Å². The first kappa shape index (κ1) is 18.4. The standard InChI is InChI=1S/C20H30N6/c1-16(2)10-20-21-8-9-26(20)25-14-19(22-15-25)7-5-4-6-17(3)11-18-12-23-24-13-18/h8-9,12-17H,4-7,10-11H2,1-3H3,(H,23,24)/p+1. The van der Waals surface area contributed by atoms with Crippen LogP contribution in [0.3, 0.4) is 0 Å². The van der Waals surface area contributed by atoms with Crippen molar-refractivity contribution in [3.63, 3.8) is 0 Å². The molecule has 1 unspecified atom stereocenters. The molecule has 3 heterocycles. The summed E-state index contributed by atoms with van der Waals surface area (Å²) in [6.07, 6.45) is 18.9. The lowest BCUT2D eigenvalue weighted by Crippen LogP contribution is -2.40. The summed E-state index contributed by atoms with van der Waals surface area (Å²) in [4.78, 5) is 7.89. The molecule has 0 fully saturated rings. The first-order valence-electron chi connectivity index (χ1n) is 9.71. The van der Waals surface area contributed by atoms with Crippen molar-refractivity contribution in [3.8, 4) is 0 Å². The summed E-state index contributed by atoms with van der Waals surface area (Å²) < 4.78 is 4.22. The van der Waals surface area contributed by atoms with Crippen LogP contribution in [0.4, 0.5) is 0 Å². The van der Waals surface area contributed by atoms with Crippen LogP contribution in [0.15, 0.2) is 37.3 Å². The number of H-pyrrole nitrogens is 2. The summed E-state index contributed by atoms with van der Waals surface area (Å²) >= 11 is 0. The van der Waals surface area contributed by atoms with Crippen molar-refractivity contribution in [1.82, 2.24) is 24.8 Å². The monoisotopic (exact) mass is 355 g/mol. The highest BCUT2D eigenvalue weighted by Crippen LogP contribution is 2.14. The summed E-state index contributed by atoms with van der Waals surface area (Å²) in [6.45, 7) is 6.77. The number of unbranched alkanes of at least 4 members (excludes halogenated alkanes) is 1. The Morgan fingerprint density at radius 3 is 2.85 bits per heavy atom. The van der Waals surface area contributed by atoms with Gasteiger partial charge >= 0.3 is 0 Å². The Bertz CT molecular complexity index is 768. The molecule has 3 rings (SSSR count). The number of aromatic nitrogens is 6. The number of rotatable bonds is 10. The van der Waals surface area contributed by atoms with E-state index in [-0.39, 0.29) is 0 Å². The van der Waals surface area contributed by atoms with Crippen LogP contribution < -0.4 is 4.68 Å². The van der Waals surface area contributed by atoms with Crippen molar-refractivity contribution in [2.24, 2.45) is 11.8 Å². The molecule has 26 heavy (non-hydrogen) atoms. The first-order valence-corrected chi connectivity index (χ1v) is 9.71. The Balaban J connectivity index is 1.45. The Labute approximate surface area is 155 Å². The molecule has 3 aromatic heterocycles. The van der Waals surface area contributed by atoms with Crippen molar-refractivity contribution < 1.29 is 4.68 Å². The fourth-order valence-electron chi connectivity index (χ4n) is 3.40. The molecule has 0 spiro atoms. The fraction of sp³-hybridized carbons (Fsp3) is 0.550. The summed E-state index contributed by atoms with van der Waals surface area (Å²) in [5.74, 6) is 2.40. The molecule has 0 aliphatic rings. The lowest BCUT2D eigenvalue weighted by Gasteiger charge is -2.08. The number of hydrogen-bond donors (Lipinski definition) is 2. The topological polar surface area (TPSA) is 66.2 Å². The second-order valence-corrected chi connectivity index (χ2v) is 7.76. The van der Waals surface area contributed by atoms with E-state index in [4.69, 9.17) is 0 Å². The van der Waals surface area contributed by atoms with E-state index in [1.165, 1.54) is 30.5 Å². The maximum atomic E-state index is 4.49. The molecule has 0 aliphatic heterocycles. The van der Waals surface area contributed by atoms with Crippen LogP contribution in [0.1, 0.15) is 57.1 Å². The van der Waals surface area contributed by atoms with E-state index in [2.05, 4.69) is 56.5 Å². The van der Waals surface area contributed by atoms with E-state index in [1.807, 2.05) is 31.1 Å². The largest absolute Gasteiger partial charge is 0.285 e. The molecule has 0 bridgehead atoms. The molecule has 3 aromatic rings. The Morgan fingerprint density at radius 2 is 2.08 bits per heavy atom. The highest BCUT2D eigenvalue weighted by atomic mass is 15.5. The van der Waals surface area contributed by atoms with Gasteiger partial charge in [-0.05, 0) is 30.2 Å². The molecule has 0 radical (unpaired) electrons. The third kappa shape index (κ3) is 5.07. The van der Waals surface area contributed by atoms with Gasteiger partial charge in [0.1, 0.15) is 11.5 Å². The van der Waals surface area contributed by atoms with Gasteiger partial charge < -0.3 is 0 Å². The highest BCUT2D eigenvalue weighted by molar-refractivity contribution is 5.03. The zero-order valence-electron chi connectivity index (χ0n) is 16.2. The van der Waals surface area contributed by atoms with Gasteiger partial charge in [0.15, 0.2) is 6.20 Å². The number of aryl methyl sites for hydroxylation is 1. The lowest BCUT2D eigenvalue weighted by molar-refractivity contribution is -0.727. The van der Waals surface area contributed by atoms with Crippen molar-refractivity contribution in [3.05, 3.63) is 54.4 Å². The smallest absolute Gasteiger partial charge is 0.266 e. The zero-order valence-corrected chi connectivity index (χ0v) is 16.2. The van der Waals surface area contributed by atoms with Crippen molar-refractivity contribution >= 4 is 0 Å². The fourth-order valence-corrected chi connectivity index (χ4v) is 3.40. The van der Waals surface area contributed by atoms with E-state index >= 15 is 0 Å². The summed E-state index contributed by atoms with van der Waals surface area (Å²) in [6, 6.07) is 0. The third-order valence-electron chi connectivity index (χ3n) is 4.74. The molecule has 6 heteroatoms. The van der Waals surface area contributed by atoms with Crippen LogP contribution in [-0.2, 0) is 19.3 Å². The van der Waals surface area contributed by atoms with Gasteiger partial charge in [0.25, 0.3) is 6.33 Å². The van der Waals surface area contributed by atoms with Crippen LogP contribution in [0, 0.1) is 11.8 Å². The highest BCUT2D eigenvalue weighted by Gasteiger charge is 2.13. The molecule has 6 nitrogen and oxygen atoms in total. The molecular weight excluding hydrogens is 324 g/mol. The quantitative estimate of drug-likeness (QED) is 0.433. The van der Waals surface area contributed by atoms with Crippen LogP contribution in [0.5, 0.6) is 0 Å². The van der Waals surface area contributed by atoms with Gasteiger partial charge in [0.05, 0.1) is 12.4 Å². The number of imidazole rings is 2. The van der Waals surface area contributed by atoms with E-state index in [0.29, 0.717) is 11.8 Å². The van der Waals surface area contributed by atoms with Crippen LogP contribution in [0.2, 0.25) is 0 Å². The molecule has 0 saturated heterocycles. The minimum absolute atomic E-state index is 0.596. The van der Waals surface area contributed by atoms with E-state index in [0.717, 1.165) is 25.1 Å². The second-order valence-electron chi connectivity index (χ2n) is 7.76. The van der Waals surface area contributed by atoms with Crippen LogP contribution in [-0.4, -0.2) is 24.8 Å². The van der Waals surface area contributed by atoms with Crippen LogP contribution >= 0.6 is 0 Å². The van der Waals surface area contributed by atoms with E-state index < -0.39 is 0 Å². The third-order valence-corrected chi connectivity index (χ3v) is 4.74. The average molecular weight is 356 g/mol. The zero-order chi connectivity index (χ0) is 18.4. The predicted octanol–water partition coefficient (Wildman–Crippen LogP) is 3.32. The molecule has 140 valence electrons. The molecular formula is C20H31N6+. The van der Waals surface area contributed by atoms with E-state index in [9.17, 15) is 0 Å². The van der Waals surface area contributed by atoms with Crippen LogP contribution in [0.25, 0.3) is 0 Å². The number of hydrogen-bond acceptors (Lipinski definition) is 2. The molecule has 0 aromatic carbocycles. The molecule has 2 N–H and O–H groups in total. The van der Waals surface area contributed by atoms with Gasteiger partial charge in [-0.2, -0.15) is 9.77 Å². The Hall–Kier alpha value is -2.37.